The van der Waals surface area contributed by atoms with Gasteiger partial charge < -0.3 is 10.4 Å². The van der Waals surface area contributed by atoms with E-state index in [0.717, 1.165) is 0 Å². The third kappa shape index (κ3) is 1.94. The van der Waals surface area contributed by atoms with Crippen LogP contribution in [0.5, 0.6) is 0 Å². The molecule has 0 aromatic carbocycles. The fourth-order valence-electron chi connectivity index (χ4n) is 1.26. The van der Waals surface area contributed by atoms with Crippen molar-refractivity contribution in [2.45, 2.75) is 32.0 Å². The van der Waals surface area contributed by atoms with Crippen LogP contribution in [0.3, 0.4) is 0 Å². The van der Waals surface area contributed by atoms with E-state index >= 15 is 0 Å². The molecular formula is C7H12N2O3. The van der Waals surface area contributed by atoms with Gasteiger partial charge in [0.15, 0.2) is 0 Å². The van der Waals surface area contributed by atoms with Crippen molar-refractivity contribution >= 4 is 11.9 Å². The summed E-state index contributed by atoms with van der Waals surface area (Å²) in [6, 6.07) is -0.770. The van der Waals surface area contributed by atoms with Crippen molar-refractivity contribution in [3.8, 4) is 0 Å². The summed E-state index contributed by atoms with van der Waals surface area (Å²) in [5.74, 6) is -1.22. The molecule has 0 radical (unpaired) electrons. The molecule has 0 aromatic heterocycles. The first-order chi connectivity index (χ1) is 5.41. The third-order valence-corrected chi connectivity index (χ3v) is 1.67. The summed E-state index contributed by atoms with van der Waals surface area (Å²) in [5.41, 5.74) is -0.627. The minimum Gasteiger partial charge on any atom is -0.480 e. The van der Waals surface area contributed by atoms with Crippen LogP contribution in [0, 0.1) is 0 Å². The largest absolute Gasteiger partial charge is 0.480 e. The molecule has 1 saturated heterocycles. The number of hydrogen-bond donors (Lipinski definition) is 3. The Bertz CT molecular complexity index is 225. The number of nitrogens with one attached hydrogen (secondary N) is 2. The van der Waals surface area contributed by atoms with Gasteiger partial charge in [-0.1, -0.05) is 0 Å². The second-order valence-electron chi connectivity index (χ2n) is 3.41. The molecule has 0 aliphatic carbocycles. The Morgan fingerprint density at radius 1 is 1.67 bits per heavy atom. The zero-order valence-corrected chi connectivity index (χ0v) is 7.05. The average molecular weight is 172 g/mol. The SMILES string of the molecule is CC1(C)NC(=O)CC(C(=O)O)N1. The summed E-state index contributed by atoms with van der Waals surface area (Å²) in [6.45, 7) is 3.44. The minimum absolute atomic E-state index is 0.00123. The molecule has 68 valence electrons. The van der Waals surface area contributed by atoms with Crippen LogP contribution in [0.4, 0.5) is 0 Å². The van der Waals surface area contributed by atoms with Gasteiger partial charge in [-0.25, -0.2) is 0 Å². The number of carbonyl (C=O) groups excluding carboxylic acids is 1. The molecule has 1 atom stereocenters. The maximum absolute atomic E-state index is 11.0. The van der Waals surface area contributed by atoms with Crippen molar-refractivity contribution in [2.75, 3.05) is 0 Å². The van der Waals surface area contributed by atoms with E-state index in [2.05, 4.69) is 10.6 Å². The first-order valence-corrected chi connectivity index (χ1v) is 3.72. The molecule has 5 nitrogen and oxygen atoms in total. The molecule has 1 rings (SSSR count). The molecule has 5 heteroatoms. The molecular weight excluding hydrogens is 160 g/mol. The molecule has 0 aromatic rings. The van der Waals surface area contributed by atoms with Crippen LogP contribution in [0.15, 0.2) is 0 Å². The predicted molar refractivity (Wildman–Crippen MR) is 41.4 cm³/mol. The lowest BCUT2D eigenvalue weighted by Gasteiger charge is -2.35. The first-order valence-electron chi connectivity index (χ1n) is 3.72. The number of carboxylic acid groups (broad SMARTS) is 1. The topological polar surface area (TPSA) is 78.4 Å². The lowest BCUT2D eigenvalue weighted by molar-refractivity contribution is -0.144. The van der Waals surface area contributed by atoms with E-state index < -0.39 is 17.7 Å². The summed E-state index contributed by atoms with van der Waals surface area (Å²) >= 11 is 0. The fraction of sp³-hybridized carbons (Fsp3) is 0.714. The normalized spacial score (nSPS) is 27.8. The molecule has 0 saturated carbocycles. The average Bonchev–Trinajstić information content (AvgIpc) is 1.82. The number of carbonyl (C=O) groups is 2. The van der Waals surface area contributed by atoms with Crippen LogP contribution in [0.1, 0.15) is 20.3 Å². The number of amides is 1. The Balaban J connectivity index is 2.70. The minimum atomic E-state index is -0.988. The van der Waals surface area contributed by atoms with Gasteiger partial charge in [-0.05, 0) is 13.8 Å². The fourth-order valence-corrected chi connectivity index (χ4v) is 1.26. The molecule has 1 aliphatic heterocycles. The molecule has 1 heterocycles. The summed E-state index contributed by atoms with van der Waals surface area (Å²) in [6.07, 6.45) is -0.00123. The number of aliphatic carboxylic acids is 1. The monoisotopic (exact) mass is 172 g/mol. The van der Waals surface area contributed by atoms with Gasteiger partial charge in [0, 0.05) is 0 Å². The Hall–Kier alpha value is -1.10. The highest BCUT2D eigenvalue weighted by Gasteiger charge is 2.34. The molecule has 0 bridgehead atoms. The summed E-state index contributed by atoms with van der Waals surface area (Å²) < 4.78 is 0. The van der Waals surface area contributed by atoms with Gasteiger partial charge >= 0.3 is 5.97 Å². The van der Waals surface area contributed by atoms with Crippen molar-refractivity contribution in [2.24, 2.45) is 0 Å². The van der Waals surface area contributed by atoms with Crippen LogP contribution in [-0.4, -0.2) is 28.7 Å². The Morgan fingerprint density at radius 2 is 2.25 bits per heavy atom. The van der Waals surface area contributed by atoms with Crippen molar-refractivity contribution in [1.82, 2.24) is 10.6 Å². The Morgan fingerprint density at radius 3 is 2.67 bits per heavy atom. The lowest BCUT2D eigenvalue weighted by atomic mass is 10.1. The highest BCUT2D eigenvalue weighted by atomic mass is 16.4. The number of hydrogen-bond acceptors (Lipinski definition) is 3. The van der Waals surface area contributed by atoms with Crippen LogP contribution in [-0.2, 0) is 9.59 Å². The first kappa shape index (κ1) is 8.99. The van der Waals surface area contributed by atoms with Gasteiger partial charge in [0.25, 0.3) is 0 Å². The summed E-state index contributed by atoms with van der Waals surface area (Å²) in [5, 5.41) is 14.1. The van der Waals surface area contributed by atoms with Crippen molar-refractivity contribution < 1.29 is 14.7 Å². The zero-order valence-electron chi connectivity index (χ0n) is 7.05. The van der Waals surface area contributed by atoms with Gasteiger partial charge in [0.05, 0.1) is 12.1 Å². The molecule has 1 unspecified atom stereocenters. The summed E-state index contributed by atoms with van der Waals surface area (Å²) in [7, 11) is 0. The van der Waals surface area contributed by atoms with Gasteiger partial charge in [0.2, 0.25) is 5.91 Å². The van der Waals surface area contributed by atoms with Crippen LogP contribution in [0.25, 0.3) is 0 Å². The van der Waals surface area contributed by atoms with E-state index in [9.17, 15) is 9.59 Å². The number of rotatable bonds is 1. The highest BCUT2D eigenvalue weighted by molar-refractivity contribution is 5.86. The maximum atomic E-state index is 11.0. The van der Waals surface area contributed by atoms with Gasteiger partial charge in [-0.3, -0.25) is 14.9 Å². The van der Waals surface area contributed by atoms with Gasteiger partial charge in [-0.2, -0.15) is 0 Å². The Labute approximate surface area is 70.1 Å². The van der Waals surface area contributed by atoms with Gasteiger partial charge in [0.1, 0.15) is 6.04 Å². The van der Waals surface area contributed by atoms with E-state index in [1.54, 1.807) is 13.8 Å². The molecule has 3 N–H and O–H groups in total. The van der Waals surface area contributed by atoms with E-state index in [0.29, 0.717) is 0 Å². The van der Waals surface area contributed by atoms with Gasteiger partial charge in [-0.15, -0.1) is 0 Å². The quantitative estimate of drug-likeness (QED) is 0.488. The second-order valence-corrected chi connectivity index (χ2v) is 3.41. The molecule has 1 aliphatic rings. The molecule has 1 amide bonds. The van der Waals surface area contributed by atoms with Crippen LogP contribution < -0.4 is 10.6 Å². The smallest absolute Gasteiger partial charge is 0.321 e. The van der Waals surface area contributed by atoms with Crippen LogP contribution >= 0.6 is 0 Å². The summed E-state index contributed by atoms with van der Waals surface area (Å²) in [4.78, 5) is 21.5. The van der Waals surface area contributed by atoms with Crippen molar-refractivity contribution in [3.63, 3.8) is 0 Å². The molecule has 12 heavy (non-hydrogen) atoms. The van der Waals surface area contributed by atoms with E-state index in [1.165, 1.54) is 0 Å². The standard InChI is InChI=1S/C7H12N2O3/c1-7(2)8-4(6(11)12)3-5(10)9-7/h4,8H,3H2,1-2H3,(H,9,10)(H,11,12). The third-order valence-electron chi connectivity index (χ3n) is 1.67. The maximum Gasteiger partial charge on any atom is 0.321 e. The zero-order chi connectivity index (χ0) is 9.35. The van der Waals surface area contributed by atoms with Crippen molar-refractivity contribution in [1.29, 1.82) is 0 Å². The second kappa shape index (κ2) is 2.75. The molecule has 0 spiro atoms. The lowest BCUT2D eigenvalue weighted by Crippen LogP contribution is -2.65. The van der Waals surface area contributed by atoms with E-state index in [4.69, 9.17) is 5.11 Å². The molecule has 1 fully saturated rings. The van der Waals surface area contributed by atoms with E-state index in [-0.39, 0.29) is 12.3 Å². The number of carboxylic acids is 1. The predicted octanol–water partition coefficient (Wildman–Crippen LogP) is -0.715. The van der Waals surface area contributed by atoms with Crippen LogP contribution in [0.2, 0.25) is 0 Å². The van der Waals surface area contributed by atoms with E-state index in [1.807, 2.05) is 0 Å². The highest BCUT2D eigenvalue weighted by Crippen LogP contribution is 2.08. The Kier molecular flexibility index (Phi) is 2.06. The van der Waals surface area contributed by atoms with Crippen molar-refractivity contribution in [3.05, 3.63) is 0 Å².